The molecule has 17 heavy (non-hydrogen) atoms. The van der Waals surface area contributed by atoms with Crippen LogP contribution < -0.4 is 0 Å². The van der Waals surface area contributed by atoms with Crippen LogP contribution >= 0.6 is 11.6 Å². The lowest BCUT2D eigenvalue weighted by atomic mass is 9.95. The van der Waals surface area contributed by atoms with Gasteiger partial charge in [0.05, 0.1) is 10.6 Å². The third-order valence-corrected chi connectivity index (χ3v) is 3.35. The monoisotopic (exact) mass is 249 g/mol. The van der Waals surface area contributed by atoms with Gasteiger partial charge in [-0.1, -0.05) is 57.2 Å². The molecule has 0 spiro atoms. The van der Waals surface area contributed by atoms with Crippen molar-refractivity contribution in [3.8, 4) is 6.07 Å². The molecule has 0 aliphatic heterocycles. The van der Waals surface area contributed by atoms with Gasteiger partial charge in [-0.05, 0) is 30.0 Å². The van der Waals surface area contributed by atoms with E-state index in [1.165, 1.54) is 31.2 Å². The van der Waals surface area contributed by atoms with E-state index in [0.29, 0.717) is 16.5 Å². The Labute approximate surface area is 109 Å². The molecule has 1 aromatic rings. The number of nitrogens with zero attached hydrogens (tertiary/aromatic N) is 1. The normalized spacial score (nSPS) is 12.1. The summed E-state index contributed by atoms with van der Waals surface area (Å²) in [5, 5.41) is 9.37. The minimum Gasteiger partial charge on any atom is -0.192 e. The molecule has 0 aliphatic carbocycles. The lowest BCUT2D eigenvalue weighted by molar-refractivity contribution is 0.493. The van der Waals surface area contributed by atoms with Crippen molar-refractivity contribution in [2.24, 2.45) is 5.92 Å². The summed E-state index contributed by atoms with van der Waals surface area (Å²) in [5.41, 5.74) is 1.80. The number of halogens is 1. The average Bonchev–Trinajstić information content (AvgIpc) is 2.29. The summed E-state index contributed by atoms with van der Waals surface area (Å²) in [4.78, 5) is 0. The molecule has 0 saturated carbocycles. The van der Waals surface area contributed by atoms with Crippen molar-refractivity contribution >= 4 is 11.6 Å². The summed E-state index contributed by atoms with van der Waals surface area (Å²) < 4.78 is 0. The molecule has 1 unspecified atom stereocenters. The van der Waals surface area contributed by atoms with Crippen LogP contribution in [-0.2, 0) is 6.42 Å². The molecule has 0 heterocycles. The molecule has 1 rings (SSSR count). The molecule has 92 valence electrons. The molecule has 0 aromatic heterocycles. The van der Waals surface area contributed by atoms with E-state index in [-0.39, 0.29) is 0 Å². The van der Waals surface area contributed by atoms with Crippen molar-refractivity contribution in [1.29, 1.82) is 5.26 Å². The minimum atomic E-state index is 0.564. The Morgan fingerprint density at radius 2 is 2.12 bits per heavy atom. The van der Waals surface area contributed by atoms with Crippen molar-refractivity contribution in [3.63, 3.8) is 0 Å². The van der Waals surface area contributed by atoms with Gasteiger partial charge in [-0.15, -0.1) is 0 Å². The van der Waals surface area contributed by atoms with E-state index < -0.39 is 0 Å². The molecular weight excluding hydrogens is 230 g/mol. The van der Waals surface area contributed by atoms with Crippen LogP contribution in [0.3, 0.4) is 0 Å². The number of benzene rings is 1. The van der Waals surface area contributed by atoms with Crippen molar-refractivity contribution in [2.45, 2.75) is 46.0 Å². The summed E-state index contributed by atoms with van der Waals surface area (Å²) in [6.07, 6.45) is 6.22. The van der Waals surface area contributed by atoms with Gasteiger partial charge in [-0.3, -0.25) is 0 Å². The topological polar surface area (TPSA) is 23.8 Å². The molecule has 0 aliphatic rings. The highest BCUT2D eigenvalue weighted by Crippen LogP contribution is 2.21. The maximum atomic E-state index is 8.80. The second-order valence-corrected chi connectivity index (χ2v) is 5.14. The second kappa shape index (κ2) is 7.35. The fraction of sp³-hybridized carbons (Fsp3) is 0.533. The van der Waals surface area contributed by atoms with Crippen molar-refractivity contribution in [3.05, 3.63) is 34.3 Å². The molecule has 0 radical (unpaired) electrons. The van der Waals surface area contributed by atoms with Gasteiger partial charge < -0.3 is 0 Å². The van der Waals surface area contributed by atoms with Crippen LogP contribution in [0.4, 0.5) is 0 Å². The predicted octanol–water partition coefficient (Wildman–Crippen LogP) is 4.97. The summed E-state index contributed by atoms with van der Waals surface area (Å²) in [6.45, 7) is 4.51. The van der Waals surface area contributed by atoms with Gasteiger partial charge in [0.2, 0.25) is 0 Å². The minimum absolute atomic E-state index is 0.564. The number of hydrogen-bond acceptors (Lipinski definition) is 1. The van der Waals surface area contributed by atoms with Crippen LogP contribution in [0.25, 0.3) is 0 Å². The van der Waals surface area contributed by atoms with Gasteiger partial charge in [-0.2, -0.15) is 5.26 Å². The Balaban J connectivity index is 2.51. The zero-order valence-corrected chi connectivity index (χ0v) is 11.4. The van der Waals surface area contributed by atoms with Gasteiger partial charge in [0.25, 0.3) is 0 Å². The van der Waals surface area contributed by atoms with Crippen LogP contribution in [0.15, 0.2) is 18.2 Å². The first-order chi connectivity index (χ1) is 8.17. The highest BCUT2D eigenvalue weighted by Gasteiger charge is 2.06. The van der Waals surface area contributed by atoms with E-state index >= 15 is 0 Å². The molecule has 1 aromatic carbocycles. The Hall–Kier alpha value is -1.00. The number of rotatable bonds is 6. The first-order valence-electron chi connectivity index (χ1n) is 6.36. The fourth-order valence-electron chi connectivity index (χ4n) is 2.02. The van der Waals surface area contributed by atoms with E-state index in [2.05, 4.69) is 19.9 Å². The Kier molecular flexibility index (Phi) is 6.08. The van der Waals surface area contributed by atoms with E-state index in [9.17, 15) is 0 Å². The lowest BCUT2D eigenvalue weighted by Crippen LogP contribution is -2.00. The first kappa shape index (κ1) is 14.1. The number of hydrogen-bond donors (Lipinski definition) is 0. The van der Waals surface area contributed by atoms with Crippen LogP contribution in [-0.4, -0.2) is 0 Å². The smallest absolute Gasteiger partial charge is 0.101 e. The number of nitriles is 1. The highest BCUT2D eigenvalue weighted by molar-refractivity contribution is 6.31. The van der Waals surface area contributed by atoms with Crippen LogP contribution in [0, 0.1) is 17.2 Å². The van der Waals surface area contributed by atoms with E-state index in [1.54, 1.807) is 0 Å². The van der Waals surface area contributed by atoms with Crippen molar-refractivity contribution < 1.29 is 0 Å². The van der Waals surface area contributed by atoms with E-state index in [0.717, 1.165) is 6.42 Å². The fourth-order valence-corrected chi connectivity index (χ4v) is 2.27. The summed E-state index contributed by atoms with van der Waals surface area (Å²) in [6, 6.07) is 7.84. The molecule has 2 heteroatoms. The molecule has 0 saturated heterocycles. The van der Waals surface area contributed by atoms with Gasteiger partial charge in [0.1, 0.15) is 6.07 Å². The average molecular weight is 250 g/mol. The Morgan fingerprint density at radius 3 is 2.71 bits per heavy atom. The molecule has 1 nitrogen and oxygen atoms in total. The third-order valence-electron chi connectivity index (χ3n) is 3.04. The third kappa shape index (κ3) is 4.79. The first-order valence-corrected chi connectivity index (χ1v) is 6.73. The molecule has 1 atom stereocenters. The van der Waals surface area contributed by atoms with Gasteiger partial charge in [0, 0.05) is 0 Å². The van der Waals surface area contributed by atoms with Crippen LogP contribution in [0.1, 0.15) is 50.7 Å². The van der Waals surface area contributed by atoms with Crippen LogP contribution in [0.2, 0.25) is 5.02 Å². The Morgan fingerprint density at radius 1 is 1.35 bits per heavy atom. The second-order valence-electron chi connectivity index (χ2n) is 4.73. The van der Waals surface area contributed by atoms with E-state index in [1.807, 2.05) is 18.2 Å². The van der Waals surface area contributed by atoms with Crippen LogP contribution in [0.5, 0.6) is 0 Å². The van der Waals surface area contributed by atoms with Crippen molar-refractivity contribution in [1.82, 2.24) is 0 Å². The largest absolute Gasteiger partial charge is 0.192 e. The Bertz CT molecular complexity index is 392. The highest BCUT2D eigenvalue weighted by atomic mass is 35.5. The lowest BCUT2D eigenvalue weighted by Gasteiger charge is -2.11. The summed E-state index contributed by atoms with van der Waals surface area (Å²) in [5.74, 6) is 0.686. The molecular formula is C15H20ClN. The standard InChI is InChI=1S/C15H20ClN/c1-3-4-5-6-12(2)9-13-7-8-14(11-17)15(16)10-13/h7-8,10,12H,3-6,9H2,1-2H3. The maximum Gasteiger partial charge on any atom is 0.101 e. The summed E-state index contributed by atoms with van der Waals surface area (Å²) in [7, 11) is 0. The van der Waals surface area contributed by atoms with Gasteiger partial charge in [0.15, 0.2) is 0 Å². The zero-order valence-electron chi connectivity index (χ0n) is 10.7. The predicted molar refractivity (Wildman–Crippen MR) is 73.2 cm³/mol. The van der Waals surface area contributed by atoms with Gasteiger partial charge in [-0.25, -0.2) is 0 Å². The molecule has 0 bridgehead atoms. The maximum absolute atomic E-state index is 8.80. The summed E-state index contributed by atoms with van der Waals surface area (Å²) >= 11 is 6.02. The molecule has 0 amide bonds. The van der Waals surface area contributed by atoms with Crippen molar-refractivity contribution in [2.75, 3.05) is 0 Å². The SMILES string of the molecule is CCCCCC(C)Cc1ccc(C#N)c(Cl)c1. The molecule has 0 fully saturated rings. The van der Waals surface area contributed by atoms with Gasteiger partial charge >= 0.3 is 0 Å². The molecule has 0 N–H and O–H groups in total. The van der Waals surface area contributed by atoms with E-state index in [4.69, 9.17) is 16.9 Å². The zero-order chi connectivity index (χ0) is 12.7. The quantitative estimate of drug-likeness (QED) is 0.653. The number of unbranched alkanes of at least 4 members (excludes halogenated alkanes) is 2.